The van der Waals surface area contributed by atoms with Gasteiger partial charge in [-0.25, -0.2) is 4.39 Å². The van der Waals surface area contributed by atoms with E-state index in [0.29, 0.717) is 0 Å². The molecule has 2 aromatic rings. The third-order valence-corrected chi connectivity index (χ3v) is 2.88. The number of amides is 1. The summed E-state index contributed by atoms with van der Waals surface area (Å²) in [7, 11) is 0. The molecular formula is C16H16FNO. The maximum Gasteiger partial charge on any atom is 0.228 e. The Kier molecular flexibility index (Phi) is 3.95. The number of aryl methyl sites for hydroxylation is 2. The first-order chi connectivity index (χ1) is 9.04. The highest BCUT2D eigenvalue weighted by molar-refractivity contribution is 5.92. The SMILES string of the molecule is Cc1ccc(CC(=O)Nc2cc(C)ccc2F)cc1. The second-order valence-electron chi connectivity index (χ2n) is 4.69. The van der Waals surface area contributed by atoms with Crippen molar-refractivity contribution in [3.8, 4) is 0 Å². The number of anilines is 1. The molecule has 0 fully saturated rings. The first kappa shape index (κ1) is 13.3. The summed E-state index contributed by atoms with van der Waals surface area (Å²) in [5.41, 5.74) is 3.20. The van der Waals surface area contributed by atoms with Gasteiger partial charge in [-0.15, -0.1) is 0 Å². The Morgan fingerprint density at radius 1 is 1.05 bits per heavy atom. The monoisotopic (exact) mass is 257 g/mol. The molecule has 0 atom stereocenters. The number of halogens is 1. The van der Waals surface area contributed by atoms with Gasteiger partial charge in [0.15, 0.2) is 0 Å². The standard InChI is InChI=1S/C16H16FNO/c1-11-3-6-13(7-4-11)10-16(19)18-15-9-12(2)5-8-14(15)17/h3-9H,10H2,1-2H3,(H,18,19). The molecule has 0 radical (unpaired) electrons. The van der Waals surface area contributed by atoms with Crippen LogP contribution in [0.1, 0.15) is 16.7 Å². The molecule has 0 bridgehead atoms. The molecule has 0 saturated heterocycles. The summed E-state index contributed by atoms with van der Waals surface area (Å²) in [6.45, 7) is 3.85. The van der Waals surface area contributed by atoms with Crippen LogP contribution >= 0.6 is 0 Å². The van der Waals surface area contributed by atoms with Crippen molar-refractivity contribution in [3.05, 3.63) is 65.0 Å². The molecule has 0 heterocycles. The lowest BCUT2D eigenvalue weighted by molar-refractivity contribution is -0.115. The van der Waals surface area contributed by atoms with Crippen LogP contribution in [0.25, 0.3) is 0 Å². The minimum Gasteiger partial charge on any atom is -0.323 e. The van der Waals surface area contributed by atoms with E-state index in [1.54, 1.807) is 12.1 Å². The summed E-state index contributed by atoms with van der Waals surface area (Å²) in [5, 5.41) is 2.60. The number of hydrogen-bond donors (Lipinski definition) is 1. The molecule has 0 unspecified atom stereocenters. The predicted octanol–water partition coefficient (Wildman–Crippen LogP) is 3.62. The number of carbonyl (C=O) groups excluding carboxylic acids is 1. The fourth-order valence-corrected chi connectivity index (χ4v) is 1.82. The first-order valence-electron chi connectivity index (χ1n) is 6.16. The van der Waals surface area contributed by atoms with Gasteiger partial charge < -0.3 is 5.32 Å². The van der Waals surface area contributed by atoms with E-state index < -0.39 is 5.82 Å². The topological polar surface area (TPSA) is 29.1 Å². The number of nitrogens with one attached hydrogen (secondary N) is 1. The highest BCUT2D eigenvalue weighted by Gasteiger charge is 2.08. The van der Waals surface area contributed by atoms with Crippen LogP contribution in [0.15, 0.2) is 42.5 Å². The van der Waals surface area contributed by atoms with Gasteiger partial charge in [0, 0.05) is 0 Å². The molecule has 19 heavy (non-hydrogen) atoms. The van der Waals surface area contributed by atoms with E-state index in [1.807, 2.05) is 38.1 Å². The molecule has 2 nitrogen and oxygen atoms in total. The van der Waals surface area contributed by atoms with Crippen LogP contribution in [0.4, 0.5) is 10.1 Å². The molecule has 1 amide bonds. The summed E-state index contributed by atoms with van der Waals surface area (Å²) in [4.78, 5) is 11.9. The average molecular weight is 257 g/mol. The lowest BCUT2D eigenvalue weighted by Crippen LogP contribution is -2.15. The van der Waals surface area contributed by atoms with Gasteiger partial charge in [0.2, 0.25) is 5.91 Å². The second kappa shape index (κ2) is 5.65. The van der Waals surface area contributed by atoms with E-state index in [1.165, 1.54) is 6.07 Å². The van der Waals surface area contributed by atoms with Gasteiger partial charge in [-0.2, -0.15) is 0 Å². The zero-order valence-electron chi connectivity index (χ0n) is 11.0. The largest absolute Gasteiger partial charge is 0.323 e. The van der Waals surface area contributed by atoms with Crippen molar-refractivity contribution in [1.82, 2.24) is 0 Å². The predicted molar refractivity (Wildman–Crippen MR) is 74.6 cm³/mol. The van der Waals surface area contributed by atoms with Crippen molar-refractivity contribution in [2.24, 2.45) is 0 Å². The molecule has 98 valence electrons. The van der Waals surface area contributed by atoms with Crippen LogP contribution in [-0.4, -0.2) is 5.91 Å². The third-order valence-electron chi connectivity index (χ3n) is 2.88. The highest BCUT2D eigenvalue weighted by Crippen LogP contribution is 2.16. The quantitative estimate of drug-likeness (QED) is 0.894. The Hall–Kier alpha value is -2.16. The molecule has 1 N–H and O–H groups in total. The second-order valence-corrected chi connectivity index (χ2v) is 4.69. The zero-order valence-corrected chi connectivity index (χ0v) is 11.0. The molecule has 0 saturated carbocycles. The molecule has 0 aliphatic carbocycles. The van der Waals surface area contributed by atoms with E-state index in [4.69, 9.17) is 0 Å². The summed E-state index contributed by atoms with van der Waals surface area (Å²) in [6.07, 6.45) is 0.244. The minimum absolute atomic E-state index is 0.214. The van der Waals surface area contributed by atoms with Crippen molar-refractivity contribution in [2.75, 3.05) is 5.32 Å². The molecule has 2 rings (SSSR count). The van der Waals surface area contributed by atoms with Crippen molar-refractivity contribution in [2.45, 2.75) is 20.3 Å². The Bertz CT molecular complexity index is 590. The van der Waals surface area contributed by atoms with Gasteiger partial charge in [-0.05, 0) is 37.1 Å². The Morgan fingerprint density at radius 3 is 2.37 bits per heavy atom. The summed E-state index contributed by atoms with van der Waals surface area (Å²) in [6, 6.07) is 12.4. The van der Waals surface area contributed by atoms with Crippen LogP contribution in [0, 0.1) is 19.7 Å². The van der Waals surface area contributed by atoms with Crippen molar-refractivity contribution < 1.29 is 9.18 Å². The molecule has 3 heteroatoms. The van der Waals surface area contributed by atoms with Crippen LogP contribution in [0.3, 0.4) is 0 Å². The van der Waals surface area contributed by atoms with Crippen molar-refractivity contribution >= 4 is 11.6 Å². The highest BCUT2D eigenvalue weighted by atomic mass is 19.1. The van der Waals surface area contributed by atoms with Gasteiger partial charge in [-0.1, -0.05) is 35.9 Å². The maximum atomic E-state index is 13.5. The van der Waals surface area contributed by atoms with Gasteiger partial charge in [-0.3, -0.25) is 4.79 Å². The van der Waals surface area contributed by atoms with E-state index in [9.17, 15) is 9.18 Å². The Labute approximate surface area is 112 Å². The third kappa shape index (κ3) is 3.65. The van der Waals surface area contributed by atoms with Crippen LogP contribution in [0.2, 0.25) is 0 Å². The van der Waals surface area contributed by atoms with E-state index in [0.717, 1.165) is 16.7 Å². The van der Waals surface area contributed by atoms with Gasteiger partial charge in [0.05, 0.1) is 12.1 Å². The summed E-state index contributed by atoms with van der Waals surface area (Å²) >= 11 is 0. The van der Waals surface area contributed by atoms with E-state index >= 15 is 0 Å². The Morgan fingerprint density at radius 2 is 1.68 bits per heavy atom. The van der Waals surface area contributed by atoms with E-state index in [-0.39, 0.29) is 18.0 Å². The number of carbonyl (C=O) groups is 1. The first-order valence-corrected chi connectivity index (χ1v) is 6.16. The van der Waals surface area contributed by atoms with Crippen molar-refractivity contribution in [3.63, 3.8) is 0 Å². The van der Waals surface area contributed by atoms with Crippen LogP contribution < -0.4 is 5.32 Å². The number of rotatable bonds is 3. The van der Waals surface area contributed by atoms with Crippen molar-refractivity contribution in [1.29, 1.82) is 0 Å². The smallest absolute Gasteiger partial charge is 0.228 e. The number of benzene rings is 2. The normalized spacial score (nSPS) is 10.3. The number of hydrogen-bond acceptors (Lipinski definition) is 1. The molecular weight excluding hydrogens is 241 g/mol. The minimum atomic E-state index is -0.414. The molecule has 0 aliphatic rings. The molecule has 0 spiro atoms. The molecule has 0 aliphatic heterocycles. The van der Waals surface area contributed by atoms with Crippen LogP contribution in [-0.2, 0) is 11.2 Å². The maximum absolute atomic E-state index is 13.5. The summed E-state index contributed by atoms with van der Waals surface area (Å²) < 4.78 is 13.5. The lowest BCUT2D eigenvalue weighted by Gasteiger charge is -2.07. The fourth-order valence-electron chi connectivity index (χ4n) is 1.82. The lowest BCUT2D eigenvalue weighted by atomic mass is 10.1. The van der Waals surface area contributed by atoms with Gasteiger partial charge >= 0.3 is 0 Å². The summed E-state index contributed by atoms with van der Waals surface area (Å²) in [5.74, 6) is -0.629. The molecule has 0 aromatic heterocycles. The zero-order chi connectivity index (χ0) is 13.8. The fraction of sp³-hybridized carbons (Fsp3) is 0.188. The Balaban J connectivity index is 2.05. The van der Waals surface area contributed by atoms with Gasteiger partial charge in [0.25, 0.3) is 0 Å². The van der Waals surface area contributed by atoms with Crippen LogP contribution in [0.5, 0.6) is 0 Å². The average Bonchev–Trinajstić information content (AvgIpc) is 2.37. The molecule has 2 aromatic carbocycles. The van der Waals surface area contributed by atoms with E-state index in [2.05, 4.69) is 5.32 Å². The van der Waals surface area contributed by atoms with Gasteiger partial charge in [0.1, 0.15) is 5.82 Å².